The molecule has 0 aliphatic carbocycles. The second-order valence-electron chi connectivity index (χ2n) is 2.98. The Morgan fingerprint density at radius 2 is 1.93 bits per heavy atom. The molecule has 0 heterocycles. The minimum Gasteiger partial charge on any atom is -0.388 e. The molecule has 0 saturated heterocycles. The third-order valence-corrected chi connectivity index (χ3v) is 2.21. The second kappa shape index (κ2) is 4.81. The van der Waals surface area contributed by atoms with E-state index in [9.17, 15) is 0 Å². The molecule has 0 aliphatic heterocycles. The van der Waals surface area contributed by atoms with Gasteiger partial charge in [-0.05, 0) is 24.6 Å². The third kappa shape index (κ3) is 2.14. The quantitative estimate of drug-likeness (QED) is 0.666. The molecule has 3 N–H and O–H groups in total. The van der Waals surface area contributed by atoms with Crippen LogP contribution in [0.5, 0.6) is 0 Å². The summed E-state index contributed by atoms with van der Waals surface area (Å²) in [6.07, 6.45) is 0. The number of thiocarbonyl (C=S) groups is 1. The molecule has 0 fully saturated rings. The molecule has 0 aromatic heterocycles. The molecule has 0 spiro atoms. The van der Waals surface area contributed by atoms with E-state index < -0.39 is 0 Å². The highest BCUT2D eigenvalue weighted by Crippen LogP contribution is 2.29. The molecule has 0 amide bonds. The van der Waals surface area contributed by atoms with E-state index in [0.29, 0.717) is 0 Å². The van der Waals surface area contributed by atoms with Gasteiger partial charge in [0.05, 0.1) is 16.9 Å². The van der Waals surface area contributed by atoms with Crippen molar-refractivity contribution in [3.63, 3.8) is 0 Å². The first-order chi connectivity index (χ1) is 6.72. The van der Waals surface area contributed by atoms with Crippen molar-refractivity contribution in [3.8, 4) is 0 Å². The van der Waals surface area contributed by atoms with E-state index in [-0.39, 0.29) is 0 Å². The van der Waals surface area contributed by atoms with Crippen LogP contribution in [0.25, 0.3) is 0 Å². The maximum atomic E-state index is 4.78. The number of hydrogen-bond donors (Lipinski definition) is 3. The van der Waals surface area contributed by atoms with E-state index in [1.807, 2.05) is 20.2 Å². The summed E-state index contributed by atoms with van der Waals surface area (Å²) in [4.78, 5) is 0. The van der Waals surface area contributed by atoms with Gasteiger partial charge in [0.25, 0.3) is 0 Å². The topological polar surface area (TPSA) is 36.1 Å². The summed E-state index contributed by atoms with van der Waals surface area (Å²) < 4.78 is 0. The number of aryl methyl sites for hydroxylation is 1. The molecule has 0 unspecified atom stereocenters. The predicted octanol–water partition coefficient (Wildman–Crippen LogP) is 2.45. The van der Waals surface area contributed by atoms with Gasteiger partial charge in [0.2, 0.25) is 0 Å². The van der Waals surface area contributed by atoms with Gasteiger partial charge < -0.3 is 16.0 Å². The standard InChI is InChI=1S/C10H15N3S/c1-7-4-8(11-2)5-9(13-6-14)10(7)12-3/h4-6,11-12H,1-3H3,(H,13,14). The van der Waals surface area contributed by atoms with E-state index >= 15 is 0 Å². The Balaban J connectivity index is 3.20. The van der Waals surface area contributed by atoms with Crippen LogP contribution < -0.4 is 16.0 Å². The summed E-state index contributed by atoms with van der Waals surface area (Å²) >= 11 is 4.78. The Bertz CT molecular complexity index is 336. The molecule has 3 nitrogen and oxygen atoms in total. The van der Waals surface area contributed by atoms with Crippen LogP contribution in [-0.4, -0.2) is 19.6 Å². The Morgan fingerprint density at radius 3 is 2.43 bits per heavy atom. The Morgan fingerprint density at radius 1 is 1.21 bits per heavy atom. The lowest BCUT2D eigenvalue weighted by Gasteiger charge is -2.14. The first kappa shape index (κ1) is 10.8. The molecule has 1 aromatic rings. The van der Waals surface area contributed by atoms with Gasteiger partial charge in [-0.25, -0.2) is 0 Å². The lowest BCUT2D eigenvalue weighted by atomic mass is 10.1. The van der Waals surface area contributed by atoms with Crippen molar-refractivity contribution in [3.05, 3.63) is 17.7 Å². The number of nitrogens with one attached hydrogen (secondary N) is 3. The van der Waals surface area contributed by atoms with Gasteiger partial charge in [0.15, 0.2) is 0 Å². The van der Waals surface area contributed by atoms with Crippen LogP contribution in [-0.2, 0) is 0 Å². The number of benzene rings is 1. The Labute approximate surface area is 89.9 Å². The fourth-order valence-electron chi connectivity index (χ4n) is 1.44. The molecule has 0 radical (unpaired) electrons. The van der Waals surface area contributed by atoms with Crippen molar-refractivity contribution >= 4 is 34.8 Å². The largest absolute Gasteiger partial charge is 0.388 e. The Hall–Kier alpha value is -1.29. The molecule has 0 aliphatic rings. The van der Waals surface area contributed by atoms with E-state index in [2.05, 4.69) is 28.9 Å². The molecule has 4 heteroatoms. The summed E-state index contributed by atoms with van der Waals surface area (Å²) in [5.41, 5.74) is 5.83. The minimum atomic E-state index is 0.992. The highest BCUT2D eigenvalue weighted by Gasteiger charge is 2.04. The summed E-state index contributed by atoms with van der Waals surface area (Å²) in [6.45, 7) is 2.06. The van der Waals surface area contributed by atoms with Crippen LogP contribution >= 0.6 is 12.2 Å². The van der Waals surface area contributed by atoms with E-state index in [0.717, 1.165) is 17.1 Å². The van der Waals surface area contributed by atoms with Crippen molar-refractivity contribution < 1.29 is 0 Å². The second-order valence-corrected chi connectivity index (χ2v) is 3.21. The minimum absolute atomic E-state index is 0.992. The zero-order valence-electron chi connectivity index (χ0n) is 8.64. The van der Waals surface area contributed by atoms with Crippen LogP contribution in [0, 0.1) is 6.92 Å². The molecule has 1 rings (SSSR count). The zero-order chi connectivity index (χ0) is 10.6. The number of rotatable bonds is 4. The number of anilines is 3. The molecule has 0 bridgehead atoms. The average molecular weight is 209 g/mol. The van der Waals surface area contributed by atoms with Crippen molar-refractivity contribution in [1.29, 1.82) is 0 Å². The lowest BCUT2D eigenvalue weighted by Crippen LogP contribution is -2.02. The molecular formula is C10H15N3S. The average Bonchev–Trinajstić information content (AvgIpc) is 2.18. The van der Waals surface area contributed by atoms with Crippen LogP contribution in [0.4, 0.5) is 17.1 Å². The third-order valence-electron chi connectivity index (χ3n) is 2.09. The van der Waals surface area contributed by atoms with Crippen LogP contribution in [0.3, 0.4) is 0 Å². The predicted molar refractivity (Wildman–Crippen MR) is 67.6 cm³/mol. The highest BCUT2D eigenvalue weighted by atomic mass is 32.1. The summed E-state index contributed by atoms with van der Waals surface area (Å²) in [7, 11) is 3.80. The van der Waals surface area contributed by atoms with E-state index in [4.69, 9.17) is 12.2 Å². The summed E-state index contributed by atoms with van der Waals surface area (Å²) in [5, 5.41) is 9.28. The molecule has 0 saturated carbocycles. The summed E-state index contributed by atoms with van der Waals surface area (Å²) in [6, 6.07) is 4.10. The van der Waals surface area contributed by atoms with Crippen molar-refractivity contribution in [2.24, 2.45) is 0 Å². The van der Waals surface area contributed by atoms with E-state index in [1.165, 1.54) is 11.1 Å². The van der Waals surface area contributed by atoms with Crippen molar-refractivity contribution in [1.82, 2.24) is 0 Å². The van der Waals surface area contributed by atoms with Crippen molar-refractivity contribution in [2.75, 3.05) is 30.0 Å². The summed E-state index contributed by atoms with van der Waals surface area (Å²) in [5.74, 6) is 0. The van der Waals surface area contributed by atoms with Crippen LogP contribution in [0.1, 0.15) is 5.56 Å². The van der Waals surface area contributed by atoms with Gasteiger partial charge in [-0.15, -0.1) is 0 Å². The molecule has 14 heavy (non-hydrogen) atoms. The Kier molecular flexibility index (Phi) is 3.71. The molecule has 0 atom stereocenters. The SMILES string of the molecule is CNc1cc(C)c(NC)c(NC=S)c1. The lowest BCUT2D eigenvalue weighted by molar-refractivity contribution is 1.38. The van der Waals surface area contributed by atoms with Gasteiger partial charge in [-0.3, -0.25) is 0 Å². The first-order valence-electron chi connectivity index (χ1n) is 4.43. The van der Waals surface area contributed by atoms with Crippen LogP contribution in [0.15, 0.2) is 12.1 Å². The van der Waals surface area contributed by atoms with Gasteiger partial charge >= 0.3 is 0 Å². The smallest absolute Gasteiger partial charge is 0.0659 e. The van der Waals surface area contributed by atoms with E-state index in [1.54, 1.807) is 0 Å². The van der Waals surface area contributed by atoms with Crippen molar-refractivity contribution in [2.45, 2.75) is 6.92 Å². The normalized spacial score (nSPS) is 9.36. The molecule has 1 aromatic carbocycles. The zero-order valence-corrected chi connectivity index (χ0v) is 9.46. The van der Waals surface area contributed by atoms with Gasteiger partial charge in [0, 0.05) is 19.8 Å². The monoisotopic (exact) mass is 209 g/mol. The fourth-order valence-corrected chi connectivity index (χ4v) is 1.57. The number of hydrogen-bond acceptors (Lipinski definition) is 3. The highest BCUT2D eigenvalue weighted by molar-refractivity contribution is 7.79. The first-order valence-corrected chi connectivity index (χ1v) is 4.90. The maximum Gasteiger partial charge on any atom is 0.0659 e. The maximum absolute atomic E-state index is 4.78. The molecule has 76 valence electrons. The van der Waals surface area contributed by atoms with Gasteiger partial charge in [0.1, 0.15) is 0 Å². The fraction of sp³-hybridized carbons (Fsp3) is 0.300. The van der Waals surface area contributed by atoms with Gasteiger partial charge in [-0.1, -0.05) is 12.2 Å². The van der Waals surface area contributed by atoms with Gasteiger partial charge in [-0.2, -0.15) is 0 Å². The van der Waals surface area contributed by atoms with Crippen LogP contribution in [0.2, 0.25) is 0 Å². The molecular weight excluding hydrogens is 194 g/mol.